The van der Waals surface area contributed by atoms with Crippen LogP contribution >= 0.6 is 0 Å². The van der Waals surface area contributed by atoms with Gasteiger partial charge in [0.15, 0.2) is 0 Å². The van der Waals surface area contributed by atoms with Crippen molar-refractivity contribution >= 4 is 5.57 Å². The molecule has 0 spiro atoms. The van der Waals surface area contributed by atoms with Gasteiger partial charge in [-0.2, -0.15) is 0 Å². The van der Waals surface area contributed by atoms with Gasteiger partial charge in [-0.05, 0) is 55.0 Å². The highest BCUT2D eigenvalue weighted by Crippen LogP contribution is 2.39. The van der Waals surface area contributed by atoms with E-state index in [-0.39, 0.29) is 0 Å². The average Bonchev–Trinajstić information content (AvgIpc) is 2.66. The molecule has 0 fully saturated rings. The molecule has 2 aromatic rings. The molecule has 18 heavy (non-hydrogen) atoms. The zero-order chi connectivity index (χ0) is 12.7. The largest absolute Gasteiger partial charge is 0.0622 e. The van der Waals surface area contributed by atoms with E-state index in [0.29, 0.717) is 0 Å². The van der Waals surface area contributed by atoms with Crippen molar-refractivity contribution in [3.63, 3.8) is 0 Å². The summed E-state index contributed by atoms with van der Waals surface area (Å²) in [7, 11) is 0. The standard InChI is InChI=1S/C18H18/c1-12-9-13(2)18-16(10-12)11-14(3)17(18)15-7-5-4-6-8-15/h4-10H,11H2,1-3H3. The highest BCUT2D eigenvalue weighted by atomic mass is 14.3. The fourth-order valence-electron chi connectivity index (χ4n) is 3.14. The molecule has 0 bridgehead atoms. The predicted octanol–water partition coefficient (Wildman–Crippen LogP) is 4.68. The van der Waals surface area contributed by atoms with E-state index in [9.17, 15) is 0 Å². The summed E-state index contributed by atoms with van der Waals surface area (Å²) in [5.74, 6) is 0. The summed E-state index contributed by atoms with van der Waals surface area (Å²) in [6.07, 6.45) is 1.10. The van der Waals surface area contributed by atoms with E-state index >= 15 is 0 Å². The predicted molar refractivity (Wildman–Crippen MR) is 77.8 cm³/mol. The first-order valence-corrected chi connectivity index (χ1v) is 6.52. The summed E-state index contributed by atoms with van der Waals surface area (Å²) in [5.41, 5.74) is 10.0. The maximum absolute atomic E-state index is 2.34. The van der Waals surface area contributed by atoms with Crippen LogP contribution in [0.5, 0.6) is 0 Å². The first-order valence-electron chi connectivity index (χ1n) is 6.52. The number of hydrogen-bond acceptors (Lipinski definition) is 0. The second-order valence-corrected chi connectivity index (χ2v) is 5.31. The van der Waals surface area contributed by atoms with Gasteiger partial charge in [-0.25, -0.2) is 0 Å². The molecule has 0 N–H and O–H groups in total. The summed E-state index contributed by atoms with van der Waals surface area (Å²) in [5, 5.41) is 0. The van der Waals surface area contributed by atoms with Gasteiger partial charge in [0.05, 0.1) is 0 Å². The Morgan fingerprint density at radius 2 is 1.61 bits per heavy atom. The lowest BCUT2D eigenvalue weighted by molar-refractivity contribution is 1.17. The Balaban J connectivity index is 2.23. The van der Waals surface area contributed by atoms with Crippen LogP contribution in [-0.2, 0) is 6.42 Å². The van der Waals surface area contributed by atoms with E-state index in [1.165, 1.54) is 39.0 Å². The molecule has 0 radical (unpaired) electrons. The van der Waals surface area contributed by atoms with Gasteiger partial charge in [0.1, 0.15) is 0 Å². The molecular formula is C18H18. The van der Waals surface area contributed by atoms with Crippen LogP contribution < -0.4 is 0 Å². The Bertz CT molecular complexity index is 631. The van der Waals surface area contributed by atoms with Crippen molar-refractivity contribution in [1.29, 1.82) is 0 Å². The molecule has 0 amide bonds. The molecule has 0 heterocycles. The van der Waals surface area contributed by atoms with Crippen LogP contribution in [0.25, 0.3) is 5.57 Å². The highest BCUT2D eigenvalue weighted by Gasteiger charge is 2.21. The second-order valence-electron chi connectivity index (χ2n) is 5.31. The molecule has 0 atom stereocenters. The van der Waals surface area contributed by atoms with Crippen LogP contribution in [0.3, 0.4) is 0 Å². The molecule has 2 aromatic carbocycles. The van der Waals surface area contributed by atoms with Gasteiger partial charge in [0.25, 0.3) is 0 Å². The average molecular weight is 234 g/mol. The Labute approximate surface area is 109 Å². The number of aryl methyl sites for hydroxylation is 2. The van der Waals surface area contributed by atoms with Gasteiger partial charge in [-0.3, -0.25) is 0 Å². The van der Waals surface area contributed by atoms with Crippen molar-refractivity contribution in [3.8, 4) is 0 Å². The van der Waals surface area contributed by atoms with Crippen molar-refractivity contribution in [2.75, 3.05) is 0 Å². The summed E-state index contributed by atoms with van der Waals surface area (Å²) >= 11 is 0. The van der Waals surface area contributed by atoms with E-state index in [1.54, 1.807) is 0 Å². The topological polar surface area (TPSA) is 0 Å². The zero-order valence-corrected chi connectivity index (χ0v) is 11.2. The van der Waals surface area contributed by atoms with Crippen molar-refractivity contribution < 1.29 is 0 Å². The molecule has 0 aliphatic heterocycles. The Morgan fingerprint density at radius 1 is 0.889 bits per heavy atom. The van der Waals surface area contributed by atoms with E-state index in [2.05, 4.69) is 63.2 Å². The number of fused-ring (bicyclic) bond motifs is 1. The third kappa shape index (κ3) is 1.69. The van der Waals surface area contributed by atoms with Gasteiger partial charge in [0.2, 0.25) is 0 Å². The quantitative estimate of drug-likeness (QED) is 0.672. The summed E-state index contributed by atoms with van der Waals surface area (Å²) in [6.45, 7) is 6.67. The lowest BCUT2D eigenvalue weighted by atomic mass is 9.93. The summed E-state index contributed by atoms with van der Waals surface area (Å²) < 4.78 is 0. The second kappa shape index (κ2) is 4.13. The number of rotatable bonds is 1. The summed E-state index contributed by atoms with van der Waals surface area (Å²) in [6, 6.07) is 15.4. The Kier molecular flexibility index (Phi) is 2.59. The number of hydrogen-bond donors (Lipinski definition) is 0. The van der Waals surface area contributed by atoms with Crippen LogP contribution in [0.1, 0.15) is 34.7 Å². The van der Waals surface area contributed by atoms with Gasteiger partial charge in [-0.1, -0.05) is 53.6 Å². The molecule has 0 unspecified atom stereocenters. The number of allylic oxidation sites excluding steroid dienone is 1. The van der Waals surface area contributed by atoms with Crippen molar-refractivity contribution in [1.82, 2.24) is 0 Å². The maximum Gasteiger partial charge on any atom is -0.00541 e. The third-order valence-electron chi connectivity index (χ3n) is 3.76. The molecule has 0 saturated carbocycles. The third-order valence-corrected chi connectivity index (χ3v) is 3.76. The van der Waals surface area contributed by atoms with E-state index in [0.717, 1.165) is 6.42 Å². The Morgan fingerprint density at radius 3 is 2.33 bits per heavy atom. The van der Waals surface area contributed by atoms with Crippen molar-refractivity contribution in [3.05, 3.63) is 75.9 Å². The lowest BCUT2D eigenvalue weighted by Crippen LogP contribution is -1.92. The van der Waals surface area contributed by atoms with Crippen LogP contribution in [0.2, 0.25) is 0 Å². The van der Waals surface area contributed by atoms with Crippen molar-refractivity contribution in [2.24, 2.45) is 0 Å². The fraction of sp³-hybridized carbons (Fsp3) is 0.222. The molecule has 0 nitrogen and oxygen atoms in total. The molecule has 90 valence electrons. The van der Waals surface area contributed by atoms with Gasteiger partial charge < -0.3 is 0 Å². The minimum Gasteiger partial charge on any atom is -0.0622 e. The molecule has 0 saturated heterocycles. The van der Waals surface area contributed by atoms with Gasteiger partial charge in [-0.15, -0.1) is 0 Å². The zero-order valence-electron chi connectivity index (χ0n) is 11.2. The monoisotopic (exact) mass is 234 g/mol. The number of benzene rings is 2. The summed E-state index contributed by atoms with van der Waals surface area (Å²) in [4.78, 5) is 0. The maximum atomic E-state index is 2.34. The van der Waals surface area contributed by atoms with E-state index < -0.39 is 0 Å². The molecule has 1 aliphatic rings. The van der Waals surface area contributed by atoms with Gasteiger partial charge >= 0.3 is 0 Å². The van der Waals surface area contributed by atoms with E-state index in [4.69, 9.17) is 0 Å². The van der Waals surface area contributed by atoms with Crippen LogP contribution in [0.4, 0.5) is 0 Å². The molecular weight excluding hydrogens is 216 g/mol. The Hall–Kier alpha value is -1.82. The minimum absolute atomic E-state index is 1.10. The smallest absolute Gasteiger partial charge is 0.00541 e. The minimum atomic E-state index is 1.10. The normalized spacial score (nSPS) is 13.9. The van der Waals surface area contributed by atoms with Gasteiger partial charge in [0, 0.05) is 0 Å². The van der Waals surface area contributed by atoms with Crippen molar-refractivity contribution in [2.45, 2.75) is 27.2 Å². The molecule has 0 aromatic heterocycles. The van der Waals surface area contributed by atoms with Crippen LogP contribution in [-0.4, -0.2) is 0 Å². The first kappa shape index (κ1) is 11.3. The fourth-order valence-corrected chi connectivity index (χ4v) is 3.14. The molecule has 3 rings (SSSR count). The SMILES string of the molecule is CC1=C(c2ccccc2)c2c(C)cc(C)cc2C1. The lowest BCUT2D eigenvalue weighted by Gasteiger charge is -2.11. The van der Waals surface area contributed by atoms with Crippen LogP contribution in [0.15, 0.2) is 48.0 Å². The first-order chi connectivity index (χ1) is 8.66. The molecule has 1 aliphatic carbocycles. The highest BCUT2D eigenvalue weighted by molar-refractivity contribution is 5.88. The van der Waals surface area contributed by atoms with Crippen LogP contribution in [0, 0.1) is 13.8 Å². The molecule has 0 heteroatoms. The van der Waals surface area contributed by atoms with E-state index in [1.807, 2.05) is 0 Å².